The van der Waals surface area contributed by atoms with E-state index in [0.717, 1.165) is 30.5 Å². The number of hydrogen-bond acceptors (Lipinski definition) is 3. The predicted octanol–water partition coefficient (Wildman–Crippen LogP) is 4.81. The molecule has 0 bridgehead atoms. The molecule has 28 heavy (non-hydrogen) atoms. The third kappa shape index (κ3) is 5.25. The highest BCUT2D eigenvalue weighted by Crippen LogP contribution is 2.33. The first kappa shape index (κ1) is 20.2. The van der Waals surface area contributed by atoms with Gasteiger partial charge in [0, 0.05) is 12.5 Å². The molecule has 1 aliphatic rings. The summed E-state index contributed by atoms with van der Waals surface area (Å²) in [5, 5.41) is 12.4. The molecular formula is C21H22F3NO3. The van der Waals surface area contributed by atoms with Crippen LogP contribution in [0.15, 0.2) is 54.6 Å². The number of benzene rings is 2. The molecule has 3 rings (SSSR count). The molecule has 4 nitrogen and oxygen atoms in total. The minimum atomic E-state index is -4.39. The molecule has 1 saturated heterocycles. The quantitative estimate of drug-likeness (QED) is 0.739. The zero-order valence-electron chi connectivity index (χ0n) is 15.2. The molecule has 2 N–H and O–H groups in total. The van der Waals surface area contributed by atoms with E-state index in [2.05, 4.69) is 5.32 Å². The zero-order valence-corrected chi connectivity index (χ0v) is 15.2. The van der Waals surface area contributed by atoms with Crippen molar-refractivity contribution in [2.75, 3.05) is 0 Å². The van der Waals surface area contributed by atoms with Gasteiger partial charge in [0.25, 0.3) is 0 Å². The van der Waals surface area contributed by atoms with Crippen molar-refractivity contribution in [2.24, 2.45) is 0 Å². The highest BCUT2D eigenvalue weighted by atomic mass is 19.4. The lowest BCUT2D eigenvalue weighted by molar-refractivity contribution is -0.140. The number of carbonyl (C=O) groups is 1. The average Bonchev–Trinajstić information content (AvgIpc) is 2.68. The Balaban J connectivity index is 1.75. The molecule has 150 valence electrons. The molecule has 0 aliphatic carbocycles. The van der Waals surface area contributed by atoms with E-state index in [1.165, 1.54) is 12.1 Å². The second-order valence-electron chi connectivity index (χ2n) is 6.96. The maximum atomic E-state index is 12.8. The number of carboxylic acids is 1. The summed E-state index contributed by atoms with van der Waals surface area (Å²) >= 11 is 0. The lowest BCUT2D eigenvalue weighted by Crippen LogP contribution is -2.47. The SMILES string of the molecule is O=C(O)C1CCCC(CC(Oc2ccc(C(F)(F)F)cc2)c2ccccc2)N1. The molecule has 0 radical (unpaired) electrons. The first-order chi connectivity index (χ1) is 13.3. The van der Waals surface area contributed by atoms with E-state index in [-0.39, 0.29) is 6.04 Å². The van der Waals surface area contributed by atoms with Gasteiger partial charge in [0.15, 0.2) is 0 Å². The van der Waals surface area contributed by atoms with Crippen molar-refractivity contribution >= 4 is 5.97 Å². The van der Waals surface area contributed by atoms with Crippen LogP contribution in [0.2, 0.25) is 0 Å². The van der Waals surface area contributed by atoms with Crippen molar-refractivity contribution < 1.29 is 27.8 Å². The molecule has 7 heteroatoms. The van der Waals surface area contributed by atoms with E-state index in [9.17, 15) is 23.1 Å². The van der Waals surface area contributed by atoms with Gasteiger partial charge in [-0.05, 0) is 49.1 Å². The predicted molar refractivity (Wildman–Crippen MR) is 98.1 cm³/mol. The zero-order chi connectivity index (χ0) is 20.1. The number of halogens is 3. The Morgan fingerprint density at radius 2 is 1.79 bits per heavy atom. The third-order valence-electron chi connectivity index (χ3n) is 4.91. The van der Waals surface area contributed by atoms with Crippen LogP contribution in [0.1, 0.15) is 42.9 Å². The van der Waals surface area contributed by atoms with E-state index in [1.807, 2.05) is 30.3 Å². The molecule has 0 aromatic heterocycles. The van der Waals surface area contributed by atoms with Crippen molar-refractivity contribution in [3.8, 4) is 5.75 Å². The van der Waals surface area contributed by atoms with Crippen LogP contribution in [0.3, 0.4) is 0 Å². The summed E-state index contributed by atoms with van der Waals surface area (Å²) in [6.45, 7) is 0. The summed E-state index contributed by atoms with van der Waals surface area (Å²) in [6.07, 6.45) is -2.06. The summed E-state index contributed by atoms with van der Waals surface area (Å²) in [5.41, 5.74) is 0.163. The van der Waals surface area contributed by atoms with Gasteiger partial charge in [0.1, 0.15) is 17.9 Å². The minimum Gasteiger partial charge on any atom is -0.486 e. The average molecular weight is 393 g/mol. The van der Waals surface area contributed by atoms with Gasteiger partial charge < -0.3 is 15.2 Å². The van der Waals surface area contributed by atoms with Crippen LogP contribution in [0.25, 0.3) is 0 Å². The summed E-state index contributed by atoms with van der Waals surface area (Å²) in [7, 11) is 0. The van der Waals surface area contributed by atoms with Crippen LogP contribution in [0.4, 0.5) is 13.2 Å². The van der Waals surface area contributed by atoms with Crippen LogP contribution in [0, 0.1) is 0 Å². The Bertz CT molecular complexity index is 778. The summed E-state index contributed by atoms with van der Waals surface area (Å²) in [6, 6.07) is 13.4. The monoisotopic (exact) mass is 393 g/mol. The minimum absolute atomic E-state index is 0.0468. The van der Waals surface area contributed by atoms with E-state index < -0.39 is 29.9 Å². The Morgan fingerprint density at radius 3 is 2.39 bits per heavy atom. The van der Waals surface area contributed by atoms with Crippen LogP contribution in [-0.4, -0.2) is 23.2 Å². The fourth-order valence-corrected chi connectivity index (χ4v) is 3.47. The van der Waals surface area contributed by atoms with Crippen molar-refractivity contribution in [1.29, 1.82) is 0 Å². The molecule has 3 atom stereocenters. The van der Waals surface area contributed by atoms with Crippen LogP contribution in [-0.2, 0) is 11.0 Å². The molecule has 1 aliphatic heterocycles. The van der Waals surface area contributed by atoms with Crippen molar-refractivity contribution in [2.45, 2.75) is 50.0 Å². The lowest BCUT2D eigenvalue weighted by atomic mass is 9.92. The Hall–Kier alpha value is -2.54. The topological polar surface area (TPSA) is 58.6 Å². The number of alkyl halides is 3. The second kappa shape index (κ2) is 8.65. The number of ether oxygens (including phenoxy) is 1. The van der Waals surface area contributed by atoms with E-state index >= 15 is 0 Å². The molecule has 3 unspecified atom stereocenters. The standard InChI is InChI=1S/C21H22F3NO3/c22-21(23,24)15-9-11-17(12-10-15)28-19(14-5-2-1-3-6-14)13-16-7-4-8-18(25-16)20(26)27/h1-3,5-6,9-12,16,18-19,25H,4,7-8,13H2,(H,26,27). The largest absolute Gasteiger partial charge is 0.486 e. The fourth-order valence-electron chi connectivity index (χ4n) is 3.47. The van der Waals surface area contributed by atoms with E-state index in [0.29, 0.717) is 18.6 Å². The van der Waals surface area contributed by atoms with Gasteiger partial charge in [-0.2, -0.15) is 13.2 Å². The highest BCUT2D eigenvalue weighted by Gasteiger charge is 2.31. The molecule has 0 saturated carbocycles. The van der Waals surface area contributed by atoms with Gasteiger partial charge in [-0.3, -0.25) is 4.79 Å². The molecule has 2 aromatic carbocycles. The maximum Gasteiger partial charge on any atom is 0.416 e. The number of rotatable bonds is 6. The summed E-state index contributed by atoms with van der Waals surface area (Å²) < 4.78 is 44.3. The van der Waals surface area contributed by atoms with Gasteiger partial charge in [0.2, 0.25) is 0 Å². The van der Waals surface area contributed by atoms with Crippen LogP contribution < -0.4 is 10.1 Å². The number of hydrogen-bond donors (Lipinski definition) is 2. The second-order valence-corrected chi connectivity index (χ2v) is 6.96. The highest BCUT2D eigenvalue weighted by molar-refractivity contribution is 5.73. The number of aliphatic carboxylic acids is 1. The Kier molecular flexibility index (Phi) is 6.24. The molecule has 0 spiro atoms. The summed E-state index contributed by atoms with van der Waals surface area (Å²) in [4.78, 5) is 11.3. The molecule has 0 amide bonds. The molecule has 1 heterocycles. The normalized spacial score (nSPS) is 21.1. The molecule has 1 fully saturated rings. The number of carboxylic acid groups (broad SMARTS) is 1. The van der Waals surface area contributed by atoms with E-state index in [1.54, 1.807) is 0 Å². The first-order valence-corrected chi connectivity index (χ1v) is 9.20. The van der Waals surface area contributed by atoms with Crippen LogP contribution in [0.5, 0.6) is 5.75 Å². The Morgan fingerprint density at radius 1 is 1.11 bits per heavy atom. The number of nitrogens with one attached hydrogen (secondary N) is 1. The smallest absolute Gasteiger partial charge is 0.416 e. The van der Waals surface area contributed by atoms with E-state index in [4.69, 9.17) is 4.74 Å². The summed E-state index contributed by atoms with van der Waals surface area (Å²) in [5.74, 6) is -0.530. The van der Waals surface area contributed by atoms with Crippen molar-refractivity contribution in [3.05, 3.63) is 65.7 Å². The third-order valence-corrected chi connectivity index (χ3v) is 4.91. The van der Waals surface area contributed by atoms with Gasteiger partial charge in [-0.1, -0.05) is 30.3 Å². The van der Waals surface area contributed by atoms with Gasteiger partial charge in [-0.25, -0.2) is 0 Å². The van der Waals surface area contributed by atoms with Gasteiger partial charge in [-0.15, -0.1) is 0 Å². The van der Waals surface area contributed by atoms with Crippen molar-refractivity contribution in [1.82, 2.24) is 5.32 Å². The first-order valence-electron chi connectivity index (χ1n) is 9.20. The molecular weight excluding hydrogens is 371 g/mol. The number of piperidine rings is 1. The van der Waals surface area contributed by atoms with Crippen LogP contribution >= 0.6 is 0 Å². The van der Waals surface area contributed by atoms with Gasteiger partial charge in [0.05, 0.1) is 5.56 Å². The Labute approximate surface area is 161 Å². The lowest BCUT2D eigenvalue weighted by Gasteiger charge is -2.31. The maximum absolute atomic E-state index is 12.8. The van der Waals surface area contributed by atoms with Crippen molar-refractivity contribution in [3.63, 3.8) is 0 Å². The molecule has 2 aromatic rings. The fraction of sp³-hybridized carbons (Fsp3) is 0.381. The van der Waals surface area contributed by atoms with Gasteiger partial charge >= 0.3 is 12.1 Å².